The van der Waals surface area contributed by atoms with Crippen molar-refractivity contribution < 1.29 is 14.2 Å². The maximum absolute atomic E-state index is 6.40. The van der Waals surface area contributed by atoms with E-state index >= 15 is 0 Å². The average molecular weight is 251 g/mol. The molecular weight excluding hydrogens is 230 g/mol. The first kappa shape index (κ1) is 13.3. The third kappa shape index (κ3) is 2.51. The fraction of sp³-hybridized carbons (Fsp3) is 0.571. The minimum Gasteiger partial charge on any atom is -0.497 e. The molecule has 100 valence electrons. The lowest BCUT2D eigenvalue weighted by Crippen LogP contribution is -2.47. The van der Waals surface area contributed by atoms with Gasteiger partial charge in [0.2, 0.25) is 0 Å². The largest absolute Gasteiger partial charge is 0.497 e. The standard InChI is InChI=1S/C14H21NO3/c1-16-12-5-3-4-11(10-12)13(15)14(17-2)6-8-18-9-7-14/h3-5,10,13H,6-9,15H2,1-2H3. The van der Waals surface area contributed by atoms with Gasteiger partial charge in [-0.15, -0.1) is 0 Å². The highest BCUT2D eigenvalue weighted by atomic mass is 16.5. The van der Waals surface area contributed by atoms with Crippen molar-refractivity contribution >= 4 is 0 Å². The summed E-state index contributed by atoms with van der Waals surface area (Å²) >= 11 is 0. The van der Waals surface area contributed by atoms with Gasteiger partial charge in [-0.3, -0.25) is 0 Å². The quantitative estimate of drug-likeness (QED) is 0.888. The normalized spacial score (nSPS) is 20.4. The molecule has 1 aromatic rings. The summed E-state index contributed by atoms with van der Waals surface area (Å²) in [5, 5.41) is 0. The van der Waals surface area contributed by atoms with E-state index in [9.17, 15) is 0 Å². The predicted octanol–water partition coefficient (Wildman–Crippen LogP) is 1.89. The van der Waals surface area contributed by atoms with E-state index in [1.165, 1.54) is 0 Å². The first-order chi connectivity index (χ1) is 8.72. The van der Waals surface area contributed by atoms with Crippen molar-refractivity contribution in [1.29, 1.82) is 0 Å². The molecule has 18 heavy (non-hydrogen) atoms. The molecule has 1 heterocycles. The summed E-state index contributed by atoms with van der Waals surface area (Å²) in [5.41, 5.74) is 7.11. The summed E-state index contributed by atoms with van der Waals surface area (Å²) in [5.74, 6) is 0.821. The predicted molar refractivity (Wildman–Crippen MR) is 69.7 cm³/mol. The van der Waals surface area contributed by atoms with Crippen molar-refractivity contribution in [3.8, 4) is 5.75 Å². The summed E-state index contributed by atoms with van der Waals surface area (Å²) in [6.07, 6.45) is 1.64. The van der Waals surface area contributed by atoms with Crippen LogP contribution in [0.25, 0.3) is 0 Å². The third-order valence-corrected chi connectivity index (χ3v) is 3.77. The number of ether oxygens (including phenoxy) is 3. The molecule has 0 aliphatic carbocycles. The van der Waals surface area contributed by atoms with Gasteiger partial charge in [0.25, 0.3) is 0 Å². The van der Waals surface area contributed by atoms with Crippen molar-refractivity contribution in [3.63, 3.8) is 0 Å². The summed E-state index contributed by atoms with van der Waals surface area (Å²) in [7, 11) is 3.39. The maximum atomic E-state index is 6.40. The second kappa shape index (κ2) is 5.69. The van der Waals surface area contributed by atoms with Crippen LogP contribution in [-0.4, -0.2) is 33.0 Å². The van der Waals surface area contributed by atoms with Gasteiger partial charge in [-0.2, -0.15) is 0 Å². The molecule has 2 N–H and O–H groups in total. The van der Waals surface area contributed by atoms with Crippen molar-refractivity contribution in [2.45, 2.75) is 24.5 Å². The molecule has 0 aromatic heterocycles. The first-order valence-corrected chi connectivity index (χ1v) is 6.24. The van der Waals surface area contributed by atoms with E-state index in [2.05, 4.69) is 0 Å². The summed E-state index contributed by atoms with van der Waals surface area (Å²) in [6, 6.07) is 7.70. The van der Waals surface area contributed by atoms with Crippen LogP contribution >= 0.6 is 0 Å². The van der Waals surface area contributed by atoms with Crippen molar-refractivity contribution in [2.24, 2.45) is 5.73 Å². The van der Waals surface area contributed by atoms with Crippen molar-refractivity contribution in [2.75, 3.05) is 27.4 Å². The Kier molecular flexibility index (Phi) is 4.22. The Labute approximate surface area is 108 Å². The summed E-state index contributed by atoms with van der Waals surface area (Å²) in [4.78, 5) is 0. The molecule has 2 rings (SSSR count). The lowest BCUT2D eigenvalue weighted by atomic mass is 9.82. The Balaban J connectivity index is 2.24. The van der Waals surface area contributed by atoms with Crippen LogP contribution in [0.15, 0.2) is 24.3 Å². The average Bonchev–Trinajstić information content (AvgIpc) is 2.47. The van der Waals surface area contributed by atoms with Gasteiger partial charge in [0, 0.05) is 33.2 Å². The molecule has 1 aliphatic heterocycles. The molecule has 1 unspecified atom stereocenters. The van der Waals surface area contributed by atoms with Crippen LogP contribution in [0, 0.1) is 0 Å². The lowest BCUT2D eigenvalue weighted by molar-refractivity contribution is -0.105. The van der Waals surface area contributed by atoms with Crippen LogP contribution in [-0.2, 0) is 9.47 Å². The molecule has 1 aromatic carbocycles. The molecule has 0 saturated carbocycles. The zero-order valence-corrected chi connectivity index (χ0v) is 11.0. The number of hydrogen-bond acceptors (Lipinski definition) is 4. The minimum atomic E-state index is -0.329. The molecule has 4 heteroatoms. The van der Waals surface area contributed by atoms with Crippen LogP contribution in [0.3, 0.4) is 0 Å². The molecular formula is C14H21NO3. The maximum Gasteiger partial charge on any atom is 0.119 e. The second-order valence-electron chi connectivity index (χ2n) is 4.64. The SMILES string of the molecule is COc1cccc(C(N)C2(OC)CCOCC2)c1. The van der Waals surface area contributed by atoms with Gasteiger partial charge in [-0.25, -0.2) is 0 Å². The summed E-state index contributed by atoms with van der Waals surface area (Å²) in [6.45, 7) is 1.40. The number of rotatable bonds is 4. The van der Waals surface area contributed by atoms with E-state index in [0.29, 0.717) is 13.2 Å². The van der Waals surface area contributed by atoms with Gasteiger partial charge < -0.3 is 19.9 Å². The Morgan fingerprint density at radius 3 is 2.61 bits per heavy atom. The van der Waals surface area contributed by atoms with Gasteiger partial charge in [-0.05, 0) is 17.7 Å². The van der Waals surface area contributed by atoms with Crippen LogP contribution in [0.4, 0.5) is 0 Å². The molecule has 1 saturated heterocycles. The van der Waals surface area contributed by atoms with Gasteiger partial charge >= 0.3 is 0 Å². The van der Waals surface area contributed by atoms with E-state index in [1.54, 1.807) is 14.2 Å². The molecule has 1 aliphatic rings. The molecule has 1 atom stereocenters. The van der Waals surface area contributed by atoms with Crippen LogP contribution in [0.5, 0.6) is 5.75 Å². The summed E-state index contributed by atoms with van der Waals surface area (Å²) < 4.78 is 16.4. The van der Waals surface area contributed by atoms with E-state index in [0.717, 1.165) is 24.2 Å². The number of hydrogen-bond donors (Lipinski definition) is 1. The fourth-order valence-corrected chi connectivity index (χ4v) is 2.50. The molecule has 0 radical (unpaired) electrons. The highest BCUT2D eigenvalue weighted by molar-refractivity contribution is 5.32. The van der Waals surface area contributed by atoms with E-state index in [4.69, 9.17) is 19.9 Å². The minimum absolute atomic E-state index is 0.165. The zero-order chi connectivity index (χ0) is 13.0. The second-order valence-corrected chi connectivity index (χ2v) is 4.64. The molecule has 0 amide bonds. The van der Waals surface area contributed by atoms with Crippen molar-refractivity contribution in [1.82, 2.24) is 0 Å². The molecule has 1 fully saturated rings. The Morgan fingerprint density at radius 2 is 2.00 bits per heavy atom. The lowest BCUT2D eigenvalue weighted by Gasteiger charge is -2.40. The zero-order valence-electron chi connectivity index (χ0n) is 11.0. The van der Waals surface area contributed by atoms with Crippen molar-refractivity contribution in [3.05, 3.63) is 29.8 Å². The van der Waals surface area contributed by atoms with Gasteiger partial charge in [-0.1, -0.05) is 12.1 Å². The van der Waals surface area contributed by atoms with Crippen LogP contribution < -0.4 is 10.5 Å². The molecule has 0 bridgehead atoms. The third-order valence-electron chi connectivity index (χ3n) is 3.77. The van der Waals surface area contributed by atoms with Gasteiger partial charge in [0.05, 0.1) is 18.8 Å². The Morgan fingerprint density at radius 1 is 1.28 bits per heavy atom. The smallest absolute Gasteiger partial charge is 0.119 e. The van der Waals surface area contributed by atoms with Crippen LogP contribution in [0.1, 0.15) is 24.4 Å². The molecule has 0 spiro atoms. The van der Waals surface area contributed by atoms with Gasteiger partial charge in [0.1, 0.15) is 5.75 Å². The number of nitrogens with two attached hydrogens (primary N) is 1. The highest BCUT2D eigenvalue weighted by Gasteiger charge is 2.39. The van der Waals surface area contributed by atoms with Crippen LogP contribution in [0.2, 0.25) is 0 Å². The fourth-order valence-electron chi connectivity index (χ4n) is 2.50. The van der Waals surface area contributed by atoms with E-state index in [-0.39, 0.29) is 11.6 Å². The van der Waals surface area contributed by atoms with E-state index in [1.807, 2.05) is 24.3 Å². The Hall–Kier alpha value is -1.10. The molecule has 4 nitrogen and oxygen atoms in total. The Bertz CT molecular complexity index is 388. The topological polar surface area (TPSA) is 53.7 Å². The first-order valence-electron chi connectivity index (χ1n) is 6.24. The number of methoxy groups -OCH3 is 2. The van der Waals surface area contributed by atoms with Gasteiger partial charge in [0.15, 0.2) is 0 Å². The monoisotopic (exact) mass is 251 g/mol. The van der Waals surface area contributed by atoms with E-state index < -0.39 is 0 Å². The number of benzene rings is 1. The highest BCUT2D eigenvalue weighted by Crippen LogP contribution is 2.36.